The number of anilines is 1. The smallest absolute Gasteiger partial charge is 0.185 e. The number of nitrogens with zero attached hydrogens (tertiary/aromatic N) is 2. The summed E-state index contributed by atoms with van der Waals surface area (Å²) in [5.41, 5.74) is 1.60. The molecule has 0 saturated carbocycles. The lowest BCUT2D eigenvalue weighted by atomic mass is 9.98. The van der Waals surface area contributed by atoms with Gasteiger partial charge in [0.15, 0.2) is 5.78 Å². The first kappa shape index (κ1) is 8.85. The van der Waals surface area contributed by atoms with Gasteiger partial charge in [0.1, 0.15) is 5.69 Å². The van der Waals surface area contributed by atoms with Gasteiger partial charge in [-0.25, -0.2) is 0 Å². The summed E-state index contributed by atoms with van der Waals surface area (Å²) in [5.74, 6) is 0.136. The molecule has 3 rings (SSSR count). The zero-order valence-electron chi connectivity index (χ0n) is 8.35. The van der Waals surface area contributed by atoms with Crippen LogP contribution in [0.25, 0.3) is 0 Å². The zero-order valence-corrected chi connectivity index (χ0v) is 8.35. The highest BCUT2D eigenvalue weighted by Crippen LogP contribution is 2.30. The molecule has 2 aliphatic rings. The van der Waals surface area contributed by atoms with Crippen molar-refractivity contribution in [2.24, 2.45) is 0 Å². The van der Waals surface area contributed by atoms with Crippen LogP contribution in [0, 0.1) is 0 Å². The third-order valence-corrected chi connectivity index (χ3v) is 3.01. The molecule has 4 nitrogen and oxygen atoms in total. The van der Waals surface area contributed by atoms with Gasteiger partial charge in [-0.3, -0.25) is 9.78 Å². The SMILES string of the molecule is O=C1CC2COCCN2c2cccnc21. The number of hydrogen-bond acceptors (Lipinski definition) is 4. The lowest BCUT2D eigenvalue weighted by Crippen LogP contribution is -2.49. The Morgan fingerprint density at radius 2 is 2.47 bits per heavy atom. The first-order valence-corrected chi connectivity index (χ1v) is 5.19. The van der Waals surface area contributed by atoms with Crippen LogP contribution in [0.4, 0.5) is 5.69 Å². The Bertz CT molecular complexity index is 405. The molecule has 1 aromatic heterocycles. The molecule has 1 fully saturated rings. The van der Waals surface area contributed by atoms with Crippen LogP contribution in [0.1, 0.15) is 16.9 Å². The van der Waals surface area contributed by atoms with Gasteiger partial charge in [-0.15, -0.1) is 0 Å². The second-order valence-electron chi connectivity index (χ2n) is 3.92. The van der Waals surface area contributed by atoms with Crippen molar-refractivity contribution >= 4 is 11.5 Å². The summed E-state index contributed by atoms with van der Waals surface area (Å²) >= 11 is 0. The van der Waals surface area contributed by atoms with Crippen LogP contribution >= 0.6 is 0 Å². The van der Waals surface area contributed by atoms with Gasteiger partial charge < -0.3 is 9.64 Å². The molecule has 0 aromatic carbocycles. The highest BCUT2D eigenvalue weighted by Gasteiger charge is 2.33. The summed E-state index contributed by atoms with van der Waals surface area (Å²) in [5, 5.41) is 0. The molecule has 0 aliphatic carbocycles. The summed E-state index contributed by atoms with van der Waals surface area (Å²) in [6, 6.07) is 4.06. The van der Waals surface area contributed by atoms with E-state index in [1.54, 1.807) is 6.20 Å². The lowest BCUT2D eigenvalue weighted by Gasteiger charge is -2.40. The van der Waals surface area contributed by atoms with Gasteiger partial charge in [0.2, 0.25) is 0 Å². The standard InChI is InChI=1S/C11H12N2O2/c14-10-6-8-7-15-5-4-13(8)9-2-1-3-12-11(9)10/h1-3,8H,4-7H2. The minimum absolute atomic E-state index is 0.136. The molecular formula is C11H12N2O2. The Labute approximate surface area is 87.9 Å². The molecule has 0 amide bonds. The quantitative estimate of drug-likeness (QED) is 0.629. The summed E-state index contributed by atoms with van der Waals surface area (Å²) in [7, 11) is 0. The maximum absolute atomic E-state index is 11.8. The molecular weight excluding hydrogens is 192 g/mol. The number of Topliss-reactive ketones (excluding diaryl/α,β-unsaturated/α-hetero) is 1. The lowest BCUT2D eigenvalue weighted by molar-refractivity contribution is 0.0760. The van der Waals surface area contributed by atoms with Gasteiger partial charge in [-0.05, 0) is 12.1 Å². The van der Waals surface area contributed by atoms with Crippen molar-refractivity contribution in [3.63, 3.8) is 0 Å². The minimum atomic E-state index is 0.136. The van der Waals surface area contributed by atoms with E-state index in [1.165, 1.54) is 0 Å². The summed E-state index contributed by atoms with van der Waals surface area (Å²) < 4.78 is 5.39. The van der Waals surface area contributed by atoms with E-state index in [0.29, 0.717) is 18.7 Å². The van der Waals surface area contributed by atoms with E-state index in [1.807, 2.05) is 12.1 Å². The van der Waals surface area contributed by atoms with Crippen LogP contribution in [0.2, 0.25) is 0 Å². The second kappa shape index (κ2) is 3.31. The summed E-state index contributed by atoms with van der Waals surface area (Å²) in [4.78, 5) is 18.2. The fourth-order valence-corrected chi connectivity index (χ4v) is 2.30. The Morgan fingerprint density at radius 1 is 1.53 bits per heavy atom. The number of fused-ring (bicyclic) bond motifs is 3. The molecule has 15 heavy (non-hydrogen) atoms. The first-order valence-electron chi connectivity index (χ1n) is 5.19. The number of pyridine rings is 1. The average molecular weight is 204 g/mol. The highest BCUT2D eigenvalue weighted by molar-refractivity contribution is 6.01. The minimum Gasteiger partial charge on any atom is -0.377 e. The van der Waals surface area contributed by atoms with E-state index < -0.39 is 0 Å². The van der Waals surface area contributed by atoms with Gasteiger partial charge in [0.05, 0.1) is 24.9 Å². The monoisotopic (exact) mass is 204 g/mol. The van der Waals surface area contributed by atoms with Crippen molar-refractivity contribution in [3.05, 3.63) is 24.0 Å². The van der Waals surface area contributed by atoms with Crippen molar-refractivity contribution in [1.82, 2.24) is 4.98 Å². The Balaban J connectivity index is 2.07. The van der Waals surface area contributed by atoms with Crippen LogP contribution in [-0.4, -0.2) is 36.6 Å². The maximum atomic E-state index is 11.8. The summed E-state index contributed by atoms with van der Waals surface area (Å²) in [6.07, 6.45) is 2.21. The van der Waals surface area contributed by atoms with E-state index in [9.17, 15) is 4.79 Å². The molecule has 1 unspecified atom stereocenters. The Kier molecular flexibility index (Phi) is 1.95. The molecule has 1 aromatic rings. The number of aromatic nitrogens is 1. The van der Waals surface area contributed by atoms with E-state index in [2.05, 4.69) is 9.88 Å². The number of rotatable bonds is 0. The molecule has 0 bridgehead atoms. The maximum Gasteiger partial charge on any atom is 0.185 e. The van der Waals surface area contributed by atoms with Gasteiger partial charge in [-0.2, -0.15) is 0 Å². The predicted molar refractivity (Wildman–Crippen MR) is 55.1 cm³/mol. The Hall–Kier alpha value is -1.42. The number of ether oxygens (including phenoxy) is 1. The molecule has 0 N–H and O–H groups in total. The predicted octanol–water partition coefficient (Wildman–Crippen LogP) is 0.873. The van der Waals surface area contributed by atoms with Crippen LogP contribution in [-0.2, 0) is 4.74 Å². The fraction of sp³-hybridized carbons (Fsp3) is 0.455. The zero-order chi connectivity index (χ0) is 10.3. The number of carbonyl (C=O) groups excluding carboxylic acids is 1. The van der Waals surface area contributed by atoms with Gasteiger partial charge in [-0.1, -0.05) is 0 Å². The van der Waals surface area contributed by atoms with Gasteiger partial charge in [0, 0.05) is 19.2 Å². The van der Waals surface area contributed by atoms with Crippen LogP contribution < -0.4 is 4.90 Å². The van der Waals surface area contributed by atoms with E-state index in [0.717, 1.165) is 18.8 Å². The van der Waals surface area contributed by atoms with E-state index in [-0.39, 0.29) is 11.8 Å². The van der Waals surface area contributed by atoms with Crippen molar-refractivity contribution in [2.45, 2.75) is 12.5 Å². The Morgan fingerprint density at radius 3 is 3.40 bits per heavy atom. The van der Waals surface area contributed by atoms with E-state index in [4.69, 9.17) is 4.74 Å². The largest absolute Gasteiger partial charge is 0.377 e. The van der Waals surface area contributed by atoms with Gasteiger partial charge in [0.25, 0.3) is 0 Å². The number of morpholine rings is 1. The number of carbonyl (C=O) groups is 1. The van der Waals surface area contributed by atoms with Crippen LogP contribution in [0.3, 0.4) is 0 Å². The molecule has 1 saturated heterocycles. The van der Waals surface area contributed by atoms with Crippen molar-refractivity contribution < 1.29 is 9.53 Å². The topological polar surface area (TPSA) is 42.4 Å². The van der Waals surface area contributed by atoms with Crippen molar-refractivity contribution in [2.75, 3.05) is 24.7 Å². The molecule has 1 atom stereocenters. The fourth-order valence-electron chi connectivity index (χ4n) is 2.30. The van der Waals surface area contributed by atoms with Gasteiger partial charge >= 0.3 is 0 Å². The number of hydrogen-bond donors (Lipinski definition) is 0. The molecule has 78 valence electrons. The van der Waals surface area contributed by atoms with Crippen molar-refractivity contribution in [3.8, 4) is 0 Å². The normalized spacial score (nSPS) is 24.7. The van der Waals surface area contributed by atoms with Crippen molar-refractivity contribution in [1.29, 1.82) is 0 Å². The van der Waals surface area contributed by atoms with Crippen LogP contribution in [0.5, 0.6) is 0 Å². The third kappa shape index (κ3) is 1.33. The second-order valence-corrected chi connectivity index (χ2v) is 3.92. The summed E-state index contributed by atoms with van der Waals surface area (Å²) in [6.45, 7) is 2.25. The molecule has 3 heterocycles. The highest BCUT2D eigenvalue weighted by atomic mass is 16.5. The first-order chi connectivity index (χ1) is 7.36. The molecule has 2 aliphatic heterocycles. The molecule has 4 heteroatoms. The number of ketones is 1. The third-order valence-electron chi connectivity index (χ3n) is 3.01. The molecule has 0 radical (unpaired) electrons. The molecule has 0 spiro atoms. The van der Waals surface area contributed by atoms with Crippen LogP contribution in [0.15, 0.2) is 18.3 Å². The van der Waals surface area contributed by atoms with E-state index >= 15 is 0 Å². The average Bonchev–Trinajstić information content (AvgIpc) is 2.30.